The largest absolute Gasteiger partial charge is 0.399 e. The van der Waals surface area contributed by atoms with Gasteiger partial charge in [0.25, 0.3) is 5.91 Å². The number of rotatable bonds is 3. The smallest absolute Gasteiger partial charge is 0.254 e. The van der Waals surface area contributed by atoms with Crippen LogP contribution in [0.15, 0.2) is 48.5 Å². The molecule has 1 amide bonds. The molecular formula is C18H22Cl3N3O. The normalized spacial score (nSPS) is 14.4. The van der Waals surface area contributed by atoms with E-state index in [1.165, 1.54) is 5.56 Å². The van der Waals surface area contributed by atoms with Crippen LogP contribution < -0.4 is 5.73 Å². The minimum atomic E-state index is 0. The summed E-state index contributed by atoms with van der Waals surface area (Å²) in [7, 11) is 0. The number of nitrogen functional groups attached to an aromatic ring is 1. The van der Waals surface area contributed by atoms with Gasteiger partial charge in [-0.2, -0.15) is 0 Å². The summed E-state index contributed by atoms with van der Waals surface area (Å²) in [6.45, 7) is 4.10. The molecule has 1 heterocycles. The number of carbonyl (C=O) groups is 1. The van der Waals surface area contributed by atoms with Crippen molar-refractivity contribution in [3.05, 3.63) is 64.7 Å². The Balaban J connectivity index is 0.00000156. The molecule has 1 aliphatic heterocycles. The molecule has 0 bridgehead atoms. The molecule has 0 atom stereocenters. The first-order valence-corrected chi connectivity index (χ1v) is 8.11. The number of hydrogen-bond acceptors (Lipinski definition) is 3. The Bertz CT molecular complexity index is 686. The summed E-state index contributed by atoms with van der Waals surface area (Å²) in [6, 6.07) is 15.1. The molecule has 0 spiro atoms. The third-order valence-electron chi connectivity index (χ3n) is 4.11. The number of halogens is 3. The summed E-state index contributed by atoms with van der Waals surface area (Å²) in [4.78, 5) is 16.7. The van der Waals surface area contributed by atoms with E-state index in [0.717, 1.165) is 37.7 Å². The SMILES string of the molecule is Cl.Cl.Nc1cccc(C(=O)N2CCN(Cc3ccc(Cl)cc3)CC2)c1. The Morgan fingerprint density at radius 1 is 1.00 bits per heavy atom. The van der Waals surface area contributed by atoms with Gasteiger partial charge in [0.2, 0.25) is 0 Å². The van der Waals surface area contributed by atoms with Crippen LogP contribution >= 0.6 is 36.4 Å². The Hall–Kier alpha value is -1.46. The van der Waals surface area contributed by atoms with E-state index in [1.807, 2.05) is 41.3 Å². The highest BCUT2D eigenvalue weighted by atomic mass is 35.5. The first-order valence-electron chi connectivity index (χ1n) is 7.73. The molecule has 7 heteroatoms. The van der Waals surface area contributed by atoms with Crippen LogP contribution in [0.25, 0.3) is 0 Å². The van der Waals surface area contributed by atoms with Gasteiger partial charge in [-0.1, -0.05) is 29.8 Å². The van der Waals surface area contributed by atoms with Crippen LogP contribution in [-0.4, -0.2) is 41.9 Å². The van der Waals surface area contributed by atoms with Gasteiger partial charge in [0.1, 0.15) is 0 Å². The second-order valence-corrected chi connectivity index (χ2v) is 6.26. The van der Waals surface area contributed by atoms with Gasteiger partial charge in [0.05, 0.1) is 0 Å². The quantitative estimate of drug-likeness (QED) is 0.796. The second kappa shape index (κ2) is 9.88. The third kappa shape index (κ3) is 5.79. The van der Waals surface area contributed by atoms with Crippen LogP contribution in [0, 0.1) is 0 Å². The lowest BCUT2D eigenvalue weighted by Crippen LogP contribution is -2.48. The number of piperazine rings is 1. The zero-order valence-electron chi connectivity index (χ0n) is 13.7. The number of hydrogen-bond donors (Lipinski definition) is 1. The van der Waals surface area contributed by atoms with E-state index in [-0.39, 0.29) is 30.7 Å². The molecule has 136 valence electrons. The van der Waals surface area contributed by atoms with E-state index in [4.69, 9.17) is 17.3 Å². The number of anilines is 1. The van der Waals surface area contributed by atoms with Crippen LogP contribution in [0.4, 0.5) is 5.69 Å². The molecule has 0 unspecified atom stereocenters. The zero-order valence-corrected chi connectivity index (χ0v) is 16.1. The van der Waals surface area contributed by atoms with E-state index in [0.29, 0.717) is 11.3 Å². The van der Waals surface area contributed by atoms with Gasteiger partial charge in [-0.05, 0) is 35.9 Å². The predicted octanol–water partition coefficient (Wildman–Crippen LogP) is 3.72. The Labute approximate surface area is 165 Å². The van der Waals surface area contributed by atoms with Gasteiger partial charge in [-0.15, -0.1) is 24.8 Å². The molecule has 1 saturated heterocycles. The molecule has 2 N–H and O–H groups in total. The van der Waals surface area contributed by atoms with Gasteiger partial charge in [-0.25, -0.2) is 0 Å². The number of amides is 1. The average Bonchev–Trinajstić information content (AvgIpc) is 2.57. The Morgan fingerprint density at radius 3 is 2.24 bits per heavy atom. The number of nitrogens with zero attached hydrogens (tertiary/aromatic N) is 2. The van der Waals surface area contributed by atoms with Crippen molar-refractivity contribution in [3.63, 3.8) is 0 Å². The molecule has 4 nitrogen and oxygen atoms in total. The fourth-order valence-electron chi connectivity index (χ4n) is 2.81. The topological polar surface area (TPSA) is 49.6 Å². The lowest BCUT2D eigenvalue weighted by atomic mass is 10.1. The summed E-state index contributed by atoms with van der Waals surface area (Å²) in [6.07, 6.45) is 0. The number of nitrogens with two attached hydrogens (primary N) is 1. The standard InChI is InChI=1S/C18H20ClN3O.2ClH/c19-16-6-4-14(5-7-16)13-21-8-10-22(11-9-21)18(23)15-2-1-3-17(20)12-15;;/h1-7,12H,8-11,13,20H2;2*1H. The third-order valence-corrected chi connectivity index (χ3v) is 4.36. The minimum Gasteiger partial charge on any atom is -0.399 e. The molecule has 0 radical (unpaired) electrons. The van der Waals surface area contributed by atoms with Crippen molar-refractivity contribution in [3.8, 4) is 0 Å². The summed E-state index contributed by atoms with van der Waals surface area (Å²) in [5, 5.41) is 0.756. The highest BCUT2D eigenvalue weighted by Crippen LogP contribution is 2.15. The predicted molar refractivity (Wildman–Crippen MR) is 108 cm³/mol. The molecule has 25 heavy (non-hydrogen) atoms. The average molecular weight is 403 g/mol. The Kier molecular flexibility index (Phi) is 8.53. The monoisotopic (exact) mass is 401 g/mol. The fourth-order valence-corrected chi connectivity index (χ4v) is 2.94. The maximum absolute atomic E-state index is 12.5. The molecule has 1 fully saturated rings. The van der Waals surface area contributed by atoms with E-state index < -0.39 is 0 Å². The van der Waals surface area contributed by atoms with Gasteiger partial charge in [0, 0.05) is 49.0 Å². The van der Waals surface area contributed by atoms with Crippen LogP contribution in [-0.2, 0) is 6.54 Å². The van der Waals surface area contributed by atoms with Crippen molar-refractivity contribution >= 4 is 48.0 Å². The molecule has 3 rings (SSSR count). The molecule has 1 aliphatic rings. The summed E-state index contributed by atoms with van der Waals surface area (Å²) < 4.78 is 0. The van der Waals surface area contributed by atoms with Gasteiger partial charge >= 0.3 is 0 Å². The second-order valence-electron chi connectivity index (χ2n) is 5.82. The van der Waals surface area contributed by atoms with Gasteiger partial charge in [0.15, 0.2) is 0 Å². The van der Waals surface area contributed by atoms with E-state index in [2.05, 4.69) is 4.90 Å². The molecule has 0 aliphatic carbocycles. The number of benzene rings is 2. The van der Waals surface area contributed by atoms with E-state index >= 15 is 0 Å². The van der Waals surface area contributed by atoms with Crippen molar-refractivity contribution in [2.75, 3.05) is 31.9 Å². The first-order chi connectivity index (χ1) is 11.1. The molecule has 0 saturated carbocycles. The van der Waals surface area contributed by atoms with Crippen molar-refractivity contribution in [2.45, 2.75) is 6.54 Å². The lowest BCUT2D eigenvalue weighted by molar-refractivity contribution is 0.0628. The highest BCUT2D eigenvalue weighted by Gasteiger charge is 2.22. The first kappa shape index (κ1) is 21.6. The highest BCUT2D eigenvalue weighted by molar-refractivity contribution is 6.30. The van der Waals surface area contributed by atoms with E-state index in [1.54, 1.807) is 12.1 Å². The van der Waals surface area contributed by atoms with Crippen molar-refractivity contribution in [1.29, 1.82) is 0 Å². The minimum absolute atomic E-state index is 0. The maximum atomic E-state index is 12.5. The molecular weight excluding hydrogens is 381 g/mol. The van der Waals surface area contributed by atoms with E-state index in [9.17, 15) is 4.79 Å². The molecule has 0 aromatic heterocycles. The van der Waals surface area contributed by atoms with Crippen molar-refractivity contribution in [1.82, 2.24) is 9.80 Å². The van der Waals surface area contributed by atoms with Gasteiger partial charge in [-0.3, -0.25) is 9.69 Å². The summed E-state index contributed by atoms with van der Waals surface area (Å²) in [5.41, 5.74) is 8.28. The summed E-state index contributed by atoms with van der Waals surface area (Å²) in [5.74, 6) is 0.0587. The van der Waals surface area contributed by atoms with Crippen LogP contribution in [0.3, 0.4) is 0 Å². The molecule has 2 aromatic carbocycles. The maximum Gasteiger partial charge on any atom is 0.254 e. The zero-order chi connectivity index (χ0) is 16.2. The summed E-state index contributed by atoms with van der Waals surface area (Å²) >= 11 is 5.91. The van der Waals surface area contributed by atoms with Crippen molar-refractivity contribution in [2.24, 2.45) is 0 Å². The lowest BCUT2D eigenvalue weighted by Gasteiger charge is -2.34. The fraction of sp³-hybridized carbons (Fsp3) is 0.278. The molecule has 2 aromatic rings. The van der Waals surface area contributed by atoms with Crippen molar-refractivity contribution < 1.29 is 4.79 Å². The number of carbonyl (C=O) groups excluding carboxylic acids is 1. The van der Waals surface area contributed by atoms with Crippen LogP contribution in [0.5, 0.6) is 0 Å². The van der Waals surface area contributed by atoms with Gasteiger partial charge < -0.3 is 10.6 Å². The Morgan fingerprint density at radius 2 is 1.64 bits per heavy atom. The van der Waals surface area contributed by atoms with Crippen LogP contribution in [0.1, 0.15) is 15.9 Å². The van der Waals surface area contributed by atoms with Crippen LogP contribution in [0.2, 0.25) is 5.02 Å².